The van der Waals surface area contributed by atoms with Crippen molar-refractivity contribution in [1.82, 2.24) is 0 Å². The van der Waals surface area contributed by atoms with Crippen LogP contribution in [0.3, 0.4) is 0 Å². The third-order valence-corrected chi connectivity index (χ3v) is 3.51. The van der Waals surface area contributed by atoms with Crippen LogP contribution in [0.5, 0.6) is 5.75 Å². The number of rotatable bonds is 3. The van der Waals surface area contributed by atoms with Gasteiger partial charge >= 0.3 is 0 Å². The molecule has 0 aromatic heterocycles. The van der Waals surface area contributed by atoms with E-state index in [4.69, 9.17) is 23.2 Å². The summed E-state index contributed by atoms with van der Waals surface area (Å²) < 4.78 is 0.414. The maximum absolute atomic E-state index is 11.9. The van der Waals surface area contributed by atoms with Crippen LogP contribution in [0.4, 0.5) is 11.4 Å². The van der Waals surface area contributed by atoms with Gasteiger partial charge in [0, 0.05) is 21.8 Å². The summed E-state index contributed by atoms with van der Waals surface area (Å²) in [7, 11) is 0. The molecule has 0 saturated heterocycles. The van der Waals surface area contributed by atoms with Crippen molar-refractivity contribution in [2.45, 2.75) is 0 Å². The average Bonchev–Trinajstić information content (AvgIpc) is 2.40. The van der Waals surface area contributed by atoms with Crippen LogP contribution in [0.1, 0.15) is 5.56 Å². The van der Waals surface area contributed by atoms with Crippen LogP contribution in [-0.4, -0.2) is 11.1 Å². The first-order valence-corrected chi connectivity index (χ1v) is 7.07. The van der Waals surface area contributed by atoms with Gasteiger partial charge in [0.2, 0.25) is 0 Å². The minimum atomic E-state index is -0.736. The quantitative estimate of drug-likeness (QED) is 0.441. The van der Waals surface area contributed by atoms with Gasteiger partial charge < -0.3 is 5.11 Å². The average molecular weight is 389 g/mol. The summed E-state index contributed by atoms with van der Waals surface area (Å²) in [6, 6.07) is 7.29. The molecule has 0 aliphatic rings. The zero-order valence-electron chi connectivity index (χ0n) is 10.2. The summed E-state index contributed by atoms with van der Waals surface area (Å²) in [6.07, 6.45) is 1.23. The molecular weight excluding hydrogens is 383 g/mol. The van der Waals surface area contributed by atoms with Crippen molar-refractivity contribution in [2.24, 2.45) is 4.99 Å². The first-order valence-electron chi connectivity index (χ1n) is 5.52. The van der Waals surface area contributed by atoms with Crippen LogP contribution in [-0.2, 0) is 0 Å². The summed E-state index contributed by atoms with van der Waals surface area (Å²) in [5, 5.41) is 23.5. The maximum atomic E-state index is 11.9. The second-order valence-corrected chi connectivity index (χ2v) is 5.71. The zero-order chi connectivity index (χ0) is 15.6. The van der Waals surface area contributed by atoms with Crippen LogP contribution in [0, 0.1) is 10.1 Å². The Kier molecular flexibility index (Phi) is 4.82. The van der Waals surface area contributed by atoms with Gasteiger partial charge in [0.25, 0.3) is 5.69 Å². The summed E-state index contributed by atoms with van der Waals surface area (Å²) in [6.45, 7) is 0. The number of benzene rings is 2. The Morgan fingerprint density at radius 1 is 1.24 bits per heavy atom. The normalized spacial score (nSPS) is 11.0. The van der Waals surface area contributed by atoms with Gasteiger partial charge in [-0.25, -0.2) is 0 Å². The molecular formula is C13H6BrCl2N2O3-. The standard InChI is InChI=1S/C13H7BrCl2N2O3/c14-8-3-7(13(19)12(4-8)18(20)21)6-17-11-2-1-9(15)5-10(11)16/h1-6,19H/p-1. The molecule has 0 bridgehead atoms. The van der Waals surface area contributed by atoms with E-state index in [1.807, 2.05) is 0 Å². The van der Waals surface area contributed by atoms with Gasteiger partial charge in [-0.1, -0.05) is 39.1 Å². The van der Waals surface area contributed by atoms with Gasteiger partial charge in [-0.2, -0.15) is 0 Å². The number of hydrogen-bond donors (Lipinski definition) is 0. The van der Waals surface area contributed by atoms with Gasteiger partial charge in [0.15, 0.2) is 0 Å². The highest BCUT2D eigenvalue weighted by Crippen LogP contribution is 2.32. The third kappa shape index (κ3) is 3.72. The fraction of sp³-hybridized carbons (Fsp3) is 0. The lowest BCUT2D eigenvalue weighted by atomic mass is 10.2. The summed E-state index contributed by atoms with van der Waals surface area (Å²) >= 11 is 14.8. The van der Waals surface area contributed by atoms with Crippen LogP contribution >= 0.6 is 39.1 Å². The Morgan fingerprint density at radius 3 is 2.57 bits per heavy atom. The second-order valence-electron chi connectivity index (χ2n) is 3.95. The Bertz CT molecular complexity index is 750. The van der Waals surface area contributed by atoms with Crippen LogP contribution in [0.15, 0.2) is 39.8 Å². The number of nitro groups is 1. The lowest BCUT2D eigenvalue weighted by Gasteiger charge is -2.11. The number of hydrogen-bond acceptors (Lipinski definition) is 4. The van der Waals surface area contributed by atoms with Crippen molar-refractivity contribution < 1.29 is 10.0 Å². The second kappa shape index (κ2) is 6.43. The molecule has 5 nitrogen and oxygen atoms in total. The Morgan fingerprint density at radius 2 is 1.95 bits per heavy atom. The number of halogens is 3. The molecule has 0 aliphatic carbocycles. The number of nitro benzene ring substituents is 1. The lowest BCUT2D eigenvalue weighted by Crippen LogP contribution is -2.02. The summed E-state index contributed by atoms with van der Waals surface area (Å²) in [5.41, 5.74) is -0.0294. The zero-order valence-corrected chi connectivity index (χ0v) is 13.3. The van der Waals surface area contributed by atoms with E-state index in [9.17, 15) is 15.2 Å². The molecule has 2 aromatic rings. The van der Waals surface area contributed by atoms with Crippen LogP contribution in [0.2, 0.25) is 10.0 Å². The van der Waals surface area contributed by atoms with Gasteiger partial charge in [-0.05, 0) is 35.6 Å². The summed E-state index contributed by atoms with van der Waals surface area (Å²) in [5.74, 6) is -0.711. The predicted molar refractivity (Wildman–Crippen MR) is 84.0 cm³/mol. The van der Waals surface area contributed by atoms with Crippen molar-refractivity contribution >= 4 is 56.7 Å². The first-order chi connectivity index (χ1) is 9.88. The van der Waals surface area contributed by atoms with E-state index in [0.29, 0.717) is 20.2 Å². The predicted octanol–water partition coefficient (Wildman–Crippen LogP) is 4.49. The van der Waals surface area contributed by atoms with Gasteiger partial charge in [0.1, 0.15) is 0 Å². The van der Waals surface area contributed by atoms with Crippen LogP contribution < -0.4 is 5.11 Å². The van der Waals surface area contributed by atoms with E-state index in [0.717, 1.165) is 6.07 Å². The van der Waals surface area contributed by atoms with Crippen molar-refractivity contribution in [1.29, 1.82) is 0 Å². The molecule has 0 atom stereocenters. The molecule has 0 fully saturated rings. The van der Waals surface area contributed by atoms with Crippen molar-refractivity contribution in [3.05, 3.63) is 60.5 Å². The molecule has 2 rings (SSSR count). The van der Waals surface area contributed by atoms with Crippen molar-refractivity contribution in [2.75, 3.05) is 0 Å². The molecule has 0 N–H and O–H groups in total. The summed E-state index contributed by atoms with van der Waals surface area (Å²) in [4.78, 5) is 14.1. The minimum Gasteiger partial charge on any atom is -0.867 e. The highest BCUT2D eigenvalue weighted by molar-refractivity contribution is 9.10. The van der Waals surface area contributed by atoms with E-state index in [-0.39, 0.29) is 5.56 Å². The van der Waals surface area contributed by atoms with E-state index in [1.165, 1.54) is 18.3 Å². The smallest absolute Gasteiger partial charge is 0.263 e. The monoisotopic (exact) mass is 387 g/mol. The fourth-order valence-electron chi connectivity index (χ4n) is 1.56. The van der Waals surface area contributed by atoms with E-state index < -0.39 is 16.4 Å². The molecule has 8 heteroatoms. The van der Waals surface area contributed by atoms with E-state index >= 15 is 0 Å². The SMILES string of the molecule is O=[N+]([O-])c1cc(Br)cc(C=Nc2ccc(Cl)cc2Cl)c1[O-]. The third-order valence-electron chi connectivity index (χ3n) is 2.51. The molecule has 2 aromatic carbocycles. The maximum Gasteiger partial charge on any atom is 0.263 e. The number of nitrogens with zero attached hydrogens (tertiary/aromatic N) is 2. The largest absolute Gasteiger partial charge is 0.867 e. The molecule has 0 amide bonds. The van der Waals surface area contributed by atoms with Crippen molar-refractivity contribution in [3.8, 4) is 5.75 Å². The van der Waals surface area contributed by atoms with Gasteiger partial charge in [-0.3, -0.25) is 15.1 Å². The molecule has 0 heterocycles. The molecule has 21 heavy (non-hydrogen) atoms. The van der Waals surface area contributed by atoms with Gasteiger partial charge in [0.05, 0.1) is 15.6 Å². The Hall–Kier alpha value is -1.63. The number of aliphatic imine (C=N–C) groups is 1. The van der Waals surface area contributed by atoms with Crippen LogP contribution in [0.25, 0.3) is 0 Å². The highest BCUT2D eigenvalue weighted by Gasteiger charge is 2.11. The van der Waals surface area contributed by atoms with Crippen molar-refractivity contribution in [3.63, 3.8) is 0 Å². The Balaban J connectivity index is 2.43. The van der Waals surface area contributed by atoms with E-state index in [1.54, 1.807) is 12.1 Å². The van der Waals surface area contributed by atoms with E-state index in [2.05, 4.69) is 20.9 Å². The lowest BCUT2D eigenvalue weighted by molar-refractivity contribution is -0.398. The molecule has 0 saturated carbocycles. The molecule has 0 radical (unpaired) electrons. The molecule has 0 unspecified atom stereocenters. The van der Waals surface area contributed by atoms with Gasteiger partial charge in [-0.15, -0.1) is 0 Å². The molecule has 0 aliphatic heterocycles. The Labute approximate surface area is 138 Å². The fourth-order valence-corrected chi connectivity index (χ4v) is 2.48. The topological polar surface area (TPSA) is 78.6 Å². The molecule has 108 valence electrons. The minimum absolute atomic E-state index is 0.0853. The molecule has 0 spiro atoms. The highest BCUT2D eigenvalue weighted by atomic mass is 79.9. The first kappa shape index (κ1) is 15.8.